The summed E-state index contributed by atoms with van der Waals surface area (Å²) in [6, 6.07) is 8.21. The van der Waals surface area contributed by atoms with E-state index >= 15 is 0 Å². The van der Waals surface area contributed by atoms with E-state index in [1.54, 1.807) is 0 Å². The highest BCUT2D eigenvalue weighted by Gasteiger charge is 1.91. The van der Waals surface area contributed by atoms with Crippen LogP contribution in [-0.4, -0.2) is 6.54 Å². The van der Waals surface area contributed by atoms with Gasteiger partial charge in [-0.3, -0.25) is 5.43 Å². The van der Waals surface area contributed by atoms with Crippen LogP contribution in [0.25, 0.3) is 0 Å². The first-order valence-corrected chi connectivity index (χ1v) is 3.93. The molecular formula is C9H12N2O. The molecular weight excluding hydrogens is 152 g/mol. The van der Waals surface area contributed by atoms with Crippen LogP contribution in [0.15, 0.2) is 29.6 Å². The lowest BCUT2D eigenvalue weighted by atomic mass is 10.1. The Balaban J connectivity index is 2.46. The Morgan fingerprint density at radius 2 is 2.33 bits per heavy atom. The predicted molar refractivity (Wildman–Crippen MR) is 48.7 cm³/mol. The number of hydrogen-bond acceptors (Lipinski definition) is 2. The van der Waals surface area contributed by atoms with Gasteiger partial charge in [0.25, 0.3) is 0 Å². The van der Waals surface area contributed by atoms with Gasteiger partial charge in [-0.1, -0.05) is 29.8 Å². The minimum Gasteiger partial charge on any atom is -0.273 e. The molecule has 0 aliphatic heterocycles. The van der Waals surface area contributed by atoms with E-state index in [2.05, 4.69) is 29.8 Å². The first-order chi connectivity index (χ1) is 5.83. The van der Waals surface area contributed by atoms with E-state index in [9.17, 15) is 4.91 Å². The molecule has 0 saturated carbocycles. The van der Waals surface area contributed by atoms with Crippen molar-refractivity contribution in [1.82, 2.24) is 5.43 Å². The van der Waals surface area contributed by atoms with E-state index in [-0.39, 0.29) is 0 Å². The van der Waals surface area contributed by atoms with E-state index < -0.39 is 0 Å². The Hall–Kier alpha value is -1.38. The fourth-order valence-electron chi connectivity index (χ4n) is 1.11. The summed E-state index contributed by atoms with van der Waals surface area (Å²) in [6.07, 6.45) is 0.841. The van der Waals surface area contributed by atoms with Crippen LogP contribution in [-0.2, 0) is 6.42 Å². The van der Waals surface area contributed by atoms with Crippen molar-refractivity contribution >= 4 is 0 Å². The molecule has 1 aromatic carbocycles. The third kappa shape index (κ3) is 2.70. The normalized spacial score (nSPS) is 9.42. The lowest BCUT2D eigenvalue weighted by Gasteiger charge is -2.00. The Morgan fingerprint density at radius 3 is 3.00 bits per heavy atom. The van der Waals surface area contributed by atoms with Gasteiger partial charge in [0.2, 0.25) is 0 Å². The largest absolute Gasteiger partial charge is 0.273 e. The third-order valence-electron chi connectivity index (χ3n) is 1.67. The molecule has 0 heterocycles. The van der Waals surface area contributed by atoms with Gasteiger partial charge in [-0.25, -0.2) is 0 Å². The van der Waals surface area contributed by atoms with Crippen LogP contribution in [0.1, 0.15) is 11.1 Å². The molecule has 64 valence electrons. The SMILES string of the molecule is Cc1cccc(CCNN=O)c1. The number of nitrogens with one attached hydrogen (secondary N) is 1. The maximum Gasteiger partial charge on any atom is 0.0496 e. The predicted octanol–water partition coefficient (Wildman–Crippen LogP) is 1.81. The number of nitroso groups, excluding NO2 is 1. The van der Waals surface area contributed by atoms with Gasteiger partial charge in [-0.2, -0.15) is 0 Å². The van der Waals surface area contributed by atoms with E-state index in [0.717, 1.165) is 6.42 Å². The van der Waals surface area contributed by atoms with E-state index in [1.165, 1.54) is 11.1 Å². The highest BCUT2D eigenvalue weighted by Crippen LogP contribution is 2.03. The first-order valence-electron chi connectivity index (χ1n) is 3.93. The van der Waals surface area contributed by atoms with Gasteiger partial charge in [0, 0.05) is 11.8 Å². The molecule has 0 saturated heterocycles. The lowest BCUT2D eigenvalue weighted by Crippen LogP contribution is -2.08. The van der Waals surface area contributed by atoms with Crippen molar-refractivity contribution in [3.05, 3.63) is 40.3 Å². The van der Waals surface area contributed by atoms with Crippen molar-refractivity contribution in [2.24, 2.45) is 5.29 Å². The van der Waals surface area contributed by atoms with Gasteiger partial charge in [0.15, 0.2) is 0 Å². The zero-order valence-corrected chi connectivity index (χ0v) is 7.08. The molecule has 0 bridgehead atoms. The Kier molecular flexibility index (Phi) is 3.26. The minimum absolute atomic E-state index is 0.604. The van der Waals surface area contributed by atoms with Crippen molar-refractivity contribution in [2.75, 3.05) is 6.54 Å². The first kappa shape index (κ1) is 8.71. The highest BCUT2D eigenvalue weighted by atomic mass is 16.3. The summed E-state index contributed by atoms with van der Waals surface area (Å²) in [7, 11) is 0. The van der Waals surface area contributed by atoms with Crippen LogP contribution in [0.3, 0.4) is 0 Å². The monoisotopic (exact) mass is 164 g/mol. The van der Waals surface area contributed by atoms with Crippen LogP contribution in [0, 0.1) is 11.8 Å². The standard InChI is InChI=1S/C9H12N2O/c1-8-3-2-4-9(7-8)5-6-10-11-12/h2-4,7H,5-6H2,1H3,(H,10,12). The zero-order chi connectivity index (χ0) is 8.81. The van der Waals surface area contributed by atoms with Crippen molar-refractivity contribution in [2.45, 2.75) is 13.3 Å². The molecule has 0 aliphatic carbocycles. The van der Waals surface area contributed by atoms with E-state index in [0.29, 0.717) is 6.54 Å². The molecule has 1 N–H and O–H groups in total. The van der Waals surface area contributed by atoms with Gasteiger partial charge in [-0.15, -0.1) is 4.91 Å². The number of rotatable bonds is 4. The van der Waals surface area contributed by atoms with Gasteiger partial charge in [0.05, 0.1) is 0 Å². The summed E-state index contributed by atoms with van der Waals surface area (Å²) in [5.74, 6) is 0. The van der Waals surface area contributed by atoms with Crippen LogP contribution < -0.4 is 5.43 Å². The van der Waals surface area contributed by atoms with Crippen molar-refractivity contribution in [1.29, 1.82) is 0 Å². The number of nitrogens with zero attached hydrogens (tertiary/aromatic N) is 1. The molecule has 0 radical (unpaired) electrons. The fraction of sp³-hybridized carbons (Fsp3) is 0.333. The van der Waals surface area contributed by atoms with Crippen LogP contribution in [0.5, 0.6) is 0 Å². The highest BCUT2D eigenvalue weighted by molar-refractivity contribution is 5.22. The lowest BCUT2D eigenvalue weighted by molar-refractivity contribution is 0.724. The number of benzene rings is 1. The molecule has 3 nitrogen and oxygen atoms in total. The Labute approximate surface area is 71.7 Å². The van der Waals surface area contributed by atoms with E-state index in [4.69, 9.17) is 0 Å². The smallest absolute Gasteiger partial charge is 0.0496 e. The molecule has 0 aromatic heterocycles. The van der Waals surface area contributed by atoms with Crippen molar-refractivity contribution in [3.8, 4) is 0 Å². The molecule has 0 unspecified atom stereocenters. The van der Waals surface area contributed by atoms with Crippen molar-refractivity contribution < 1.29 is 0 Å². The summed E-state index contributed by atoms with van der Waals surface area (Å²) < 4.78 is 0. The van der Waals surface area contributed by atoms with Gasteiger partial charge >= 0.3 is 0 Å². The molecule has 3 heteroatoms. The number of aryl methyl sites for hydroxylation is 1. The van der Waals surface area contributed by atoms with Crippen LogP contribution in [0.4, 0.5) is 0 Å². The molecule has 0 spiro atoms. The Bertz CT molecular complexity index is 260. The summed E-state index contributed by atoms with van der Waals surface area (Å²) in [6.45, 7) is 2.65. The topological polar surface area (TPSA) is 41.5 Å². The third-order valence-corrected chi connectivity index (χ3v) is 1.67. The molecule has 12 heavy (non-hydrogen) atoms. The van der Waals surface area contributed by atoms with Crippen molar-refractivity contribution in [3.63, 3.8) is 0 Å². The molecule has 0 amide bonds. The summed E-state index contributed by atoms with van der Waals surface area (Å²) >= 11 is 0. The molecule has 1 rings (SSSR count). The zero-order valence-electron chi connectivity index (χ0n) is 7.08. The van der Waals surface area contributed by atoms with Gasteiger partial charge in [-0.05, 0) is 18.9 Å². The maximum atomic E-state index is 9.70. The average Bonchev–Trinajstić information content (AvgIpc) is 2.05. The quantitative estimate of drug-likeness (QED) is 0.419. The summed E-state index contributed by atoms with van der Waals surface area (Å²) in [4.78, 5) is 9.70. The van der Waals surface area contributed by atoms with Gasteiger partial charge in [0.1, 0.15) is 0 Å². The molecule has 0 atom stereocenters. The van der Waals surface area contributed by atoms with Crippen LogP contribution in [0.2, 0.25) is 0 Å². The molecule has 1 aromatic rings. The average molecular weight is 164 g/mol. The van der Waals surface area contributed by atoms with E-state index in [1.807, 2.05) is 12.1 Å². The number of hydrogen-bond donors (Lipinski definition) is 1. The van der Waals surface area contributed by atoms with Crippen LogP contribution >= 0.6 is 0 Å². The second kappa shape index (κ2) is 4.49. The molecule has 0 aliphatic rings. The summed E-state index contributed by atoms with van der Waals surface area (Å²) in [5, 5.41) is 2.57. The minimum atomic E-state index is 0.604. The molecule has 0 fully saturated rings. The maximum absolute atomic E-state index is 9.70. The fourth-order valence-corrected chi connectivity index (χ4v) is 1.11. The second-order valence-electron chi connectivity index (χ2n) is 2.74. The van der Waals surface area contributed by atoms with Gasteiger partial charge < -0.3 is 0 Å². The Morgan fingerprint density at radius 1 is 1.50 bits per heavy atom. The second-order valence-corrected chi connectivity index (χ2v) is 2.74. The summed E-state index contributed by atoms with van der Waals surface area (Å²) in [5.41, 5.74) is 4.86.